The average molecular weight is 369 g/mol. The number of nitrogens with zero attached hydrogens (tertiary/aromatic N) is 1. The maximum atomic E-state index is 12.7. The molecule has 3 N–H and O–H groups in total. The van der Waals surface area contributed by atoms with Crippen LogP contribution in [0.25, 0.3) is 0 Å². The molecule has 1 atom stereocenters. The first kappa shape index (κ1) is 21.3. The normalized spacial score (nSPS) is 17.0. The van der Waals surface area contributed by atoms with Gasteiger partial charge in [0.05, 0.1) is 0 Å². The summed E-state index contributed by atoms with van der Waals surface area (Å²) in [4.78, 5) is 26.5. The Bertz CT molecular complexity index is 578. The van der Waals surface area contributed by atoms with Crippen molar-refractivity contribution in [3.8, 4) is 0 Å². The Morgan fingerprint density at radius 1 is 1.32 bits per heavy atom. The van der Waals surface area contributed by atoms with E-state index in [0.717, 1.165) is 32.5 Å². The Labute approximate surface area is 156 Å². The zero-order valence-corrected chi connectivity index (χ0v) is 16.0. The molecule has 1 unspecified atom stereocenters. The van der Waals surface area contributed by atoms with Gasteiger partial charge in [-0.15, -0.1) is 12.4 Å². The lowest BCUT2D eigenvalue weighted by atomic mass is 9.97. The summed E-state index contributed by atoms with van der Waals surface area (Å²) in [5.74, 6) is 0.537. The minimum Gasteiger partial charge on any atom is -0.338 e. The first-order chi connectivity index (χ1) is 11.5. The molecule has 1 heterocycles. The molecule has 0 saturated carbocycles. The van der Waals surface area contributed by atoms with Crippen LogP contribution in [0.2, 0.25) is 0 Å². The molecule has 1 fully saturated rings. The number of benzene rings is 1. The van der Waals surface area contributed by atoms with Gasteiger partial charge < -0.3 is 20.9 Å². The SMILES string of the molecule is CNCC1CCCN(C(=O)c2cccc(NC(=O)NC(C)C)c2)C1.Cl. The Morgan fingerprint density at radius 2 is 2.08 bits per heavy atom. The lowest BCUT2D eigenvalue weighted by Crippen LogP contribution is -2.42. The third kappa shape index (κ3) is 6.55. The van der Waals surface area contributed by atoms with Crippen LogP contribution in [0.5, 0.6) is 0 Å². The van der Waals surface area contributed by atoms with E-state index in [1.165, 1.54) is 0 Å². The van der Waals surface area contributed by atoms with E-state index < -0.39 is 0 Å². The predicted octanol–water partition coefficient (Wildman–Crippen LogP) is 2.71. The van der Waals surface area contributed by atoms with E-state index in [1.807, 2.05) is 25.8 Å². The summed E-state index contributed by atoms with van der Waals surface area (Å²) >= 11 is 0. The molecule has 1 aliphatic heterocycles. The summed E-state index contributed by atoms with van der Waals surface area (Å²) in [5, 5.41) is 8.73. The number of nitrogens with one attached hydrogen (secondary N) is 3. The molecule has 1 aliphatic rings. The maximum Gasteiger partial charge on any atom is 0.319 e. The highest BCUT2D eigenvalue weighted by Crippen LogP contribution is 2.19. The van der Waals surface area contributed by atoms with Gasteiger partial charge >= 0.3 is 6.03 Å². The van der Waals surface area contributed by atoms with Crippen LogP contribution in [0.1, 0.15) is 37.0 Å². The van der Waals surface area contributed by atoms with Gasteiger partial charge in [-0.25, -0.2) is 4.79 Å². The summed E-state index contributed by atoms with van der Waals surface area (Å²) in [6.45, 7) is 6.31. The van der Waals surface area contributed by atoms with Crippen molar-refractivity contribution in [3.05, 3.63) is 29.8 Å². The van der Waals surface area contributed by atoms with Crippen LogP contribution in [0, 0.1) is 5.92 Å². The van der Waals surface area contributed by atoms with E-state index in [1.54, 1.807) is 24.3 Å². The van der Waals surface area contributed by atoms with Crippen LogP contribution in [0.4, 0.5) is 10.5 Å². The molecule has 3 amide bonds. The number of halogens is 1. The monoisotopic (exact) mass is 368 g/mol. The number of hydrogen-bond acceptors (Lipinski definition) is 3. The van der Waals surface area contributed by atoms with Gasteiger partial charge in [0.25, 0.3) is 5.91 Å². The van der Waals surface area contributed by atoms with Crippen LogP contribution in [0.3, 0.4) is 0 Å². The standard InChI is InChI=1S/C18H28N4O2.ClH/c1-13(2)20-18(24)21-16-8-4-7-15(10-16)17(23)22-9-5-6-14(12-22)11-19-3;/h4,7-8,10,13-14,19H,5-6,9,11-12H2,1-3H3,(H2,20,21,24);1H. The molecular weight excluding hydrogens is 340 g/mol. The number of carbonyl (C=O) groups excluding carboxylic acids is 2. The second-order valence-electron chi connectivity index (χ2n) is 6.65. The van der Waals surface area contributed by atoms with E-state index in [-0.39, 0.29) is 30.4 Å². The summed E-state index contributed by atoms with van der Waals surface area (Å²) in [6, 6.07) is 6.93. The van der Waals surface area contributed by atoms with Crippen molar-refractivity contribution in [3.63, 3.8) is 0 Å². The number of hydrogen-bond donors (Lipinski definition) is 3. The van der Waals surface area contributed by atoms with Crippen molar-refractivity contribution >= 4 is 30.0 Å². The minimum absolute atomic E-state index is 0. The quantitative estimate of drug-likeness (QED) is 0.748. The van der Waals surface area contributed by atoms with E-state index in [4.69, 9.17) is 0 Å². The number of rotatable bonds is 5. The summed E-state index contributed by atoms with van der Waals surface area (Å²) in [6.07, 6.45) is 2.19. The Balaban J connectivity index is 0.00000312. The third-order valence-electron chi connectivity index (χ3n) is 4.09. The van der Waals surface area contributed by atoms with Gasteiger partial charge in [0.2, 0.25) is 0 Å². The topological polar surface area (TPSA) is 73.5 Å². The van der Waals surface area contributed by atoms with Gasteiger partial charge in [-0.3, -0.25) is 4.79 Å². The molecule has 0 aromatic heterocycles. The number of likely N-dealkylation sites (tertiary alicyclic amines) is 1. The van der Waals surface area contributed by atoms with Crippen LogP contribution >= 0.6 is 12.4 Å². The number of piperidine rings is 1. The second-order valence-corrected chi connectivity index (χ2v) is 6.65. The number of carbonyl (C=O) groups is 2. The van der Waals surface area contributed by atoms with Crippen LogP contribution in [0.15, 0.2) is 24.3 Å². The highest BCUT2D eigenvalue weighted by Gasteiger charge is 2.24. The Morgan fingerprint density at radius 3 is 2.76 bits per heavy atom. The fourth-order valence-electron chi connectivity index (χ4n) is 3.05. The Kier molecular flexibility index (Phi) is 8.72. The minimum atomic E-state index is -0.262. The highest BCUT2D eigenvalue weighted by molar-refractivity contribution is 5.97. The molecule has 0 aliphatic carbocycles. The first-order valence-corrected chi connectivity index (χ1v) is 8.61. The number of anilines is 1. The largest absolute Gasteiger partial charge is 0.338 e. The lowest BCUT2D eigenvalue weighted by molar-refractivity contribution is 0.0674. The predicted molar refractivity (Wildman–Crippen MR) is 104 cm³/mol. The number of urea groups is 1. The molecule has 1 aromatic rings. The zero-order valence-electron chi connectivity index (χ0n) is 15.2. The molecular formula is C18H29ClN4O2. The molecule has 0 radical (unpaired) electrons. The molecule has 25 heavy (non-hydrogen) atoms. The van der Waals surface area contributed by atoms with Gasteiger partial charge in [0, 0.05) is 30.4 Å². The fourth-order valence-corrected chi connectivity index (χ4v) is 3.05. The van der Waals surface area contributed by atoms with E-state index in [9.17, 15) is 9.59 Å². The summed E-state index contributed by atoms with van der Waals surface area (Å²) < 4.78 is 0. The molecule has 6 nitrogen and oxygen atoms in total. The van der Waals surface area contributed by atoms with E-state index in [2.05, 4.69) is 16.0 Å². The highest BCUT2D eigenvalue weighted by atomic mass is 35.5. The average Bonchev–Trinajstić information content (AvgIpc) is 2.54. The van der Waals surface area contributed by atoms with Crippen LogP contribution in [-0.4, -0.2) is 49.6 Å². The molecule has 0 bridgehead atoms. The molecule has 2 rings (SSSR count). The third-order valence-corrected chi connectivity index (χ3v) is 4.09. The second kappa shape index (κ2) is 10.3. The first-order valence-electron chi connectivity index (χ1n) is 8.61. The summed E-state index contributed by atoms with van der Waals surface area (Å²) in [5.41, 5.74) is 1.24. The van der Waals surface area contributed by atoms with Crippen molar-refractivity contribution in [1.82, 2.24) is 15.5 Å². The van der Waals surface area contributed by atoms with Gasteiger partial charge in [-0.05, 0) is 64.4 Å². The van der Waals surface area contributed by atoms with Gasteiger partial charge in [0.1, 0.15) is 0 Å². The zero-order chi connectivity index (χ0) is 17.5. The van der Waals surface area contributed by atoms with Crippen molar-refractivity contribution in [2.45, 2.75) is 32.7 Å². The van der Waals surface area contributed by atoms with Crippen LogP contribution in [-0.2, 0) is 0 Å². The van der Waals surface area contributed by atoms with Gasteiger partial charge in [-0.1, -0.05) is 6.07 Å². The summed E-state index contributed by atoms with van der Waals surface area (Å²) in [7, 11) is 1.94. The molecule has 1 saturated heterocycles. The Hall–Kier alpha value is -1.79. The van der Waals surface area contributed by atoms with Crippen molar-refractivity contribution in [1.29, 1.82) is 0 Å². The van der Waals surface area contributed by atoms with Crippen molar-refractivity contribution in [2.24, 2.45) is 5.92 Å². The van der Waals surface area contributed by atoms with Gasteiger partial charge in [0.15, 0.2) is 0 Å². The van der Waals surface area contributed by atoms with Crippen molar-refractivity contribution in [2.75, 3.05) is 32.0 Å². The van der Waals surface area contributed by atoms with E-state index in [0.29, 0.717) is 17.2 Å². The number of amides is 3. The molecule has 7 heteroatoms. The van der Waals surface area contributed by atoms with Crippen LogP contribution < -0.4 is 16.0 Å². The van der Waals surface area contributed by atoms with Gasteiger partial charge in [-0.2, -0.15) is 0 Å². The van der Waals surface area contributed by atoms with E-state index >= 15 is 0 Å². The fraction of sp³-hybridized carbons (Fsp3) is 0.556. The maximum absolute atomic E-state index is 12.7. The molecule has 140 valence electrons. The van der Waals surface area contributed by atoms with Crippen molar-refractivity contribution < 1.29 is 9.59 Å². The lowest BCUT2D eigenvalue weighted by Gasteiger charge is -2.32. The molecule has 1 aromatic carbocycles. The molecule has 0 spiro atoms. The smallest absolute Gasteiger partial charge is 0.319 e.